The number of carbonyl (C=O) groups is 2. The van der Waals surface area contributed by atoms with Crippen molar-refractivity contribution in [1.82, 2.24) is 20.4 Å². The first-order valence-electron chi connectivity index (χ1n) is 8.73. The van der Waals surface area contributed by atoms with Gasteiger partial charge in [0.05, 0.1) is 13.2 Å². The van der Waals surface area contributed by atoms with Crippen molar-refractivity contribution >= 4 is 11.9 Å². The van der Waals surface area contributed by atoms with E-state index in [0.717, 1.165) is 58.5 Å². The third kappa shape index (κ3) is 6.35. The smallest absolute Gasteiger partial charge is 0.317 e. The summed E-state index contributed by atoms with van der Waals surface area (Å²) in [4.78, 5) is 27.8. The Balaban J connectivity index is 1.52. The van der Waals surface area contributed by atoms with E-state index in [2.05, 4.69) is 15.5 Å². The van der Waals surface area contributed by atoms with Crippen LogP contribution in [-0.2, 0) is 9.53 Å². The summed E-state index contributed by atoms with van der Waals surface area (Å²) in [6.07, 6.45) is 4.32. The largest absolute Gasteiger partial charge is 0.379 e. The van der Waals surface area contributed by atoms with Gasteiger partial charge in [0, 0.05) is 52.2 Å². The van der Waals surface area contributed by atoms with Crippen LogP contribution in [0.5, 0.6) is 0 Å². The molecular weight excluding hydrogens is 296 g/mol. The molecule has 0 aromatic rings. The number of amides is 3. The minimum atomic E-state index is -0.0895. The Labute approximate surface area is 138 Å². The van der Waals surface area contributed by atoms with E-state index >= 15 is 0 Å². The Kier molecular flexibility index (Phi) is 7.61. The maximum atomic E-state index is 12.0. The van der Waals surface area contributed by atoms with E-state index in [1.165, 1.54) is 0 Å². The average molecular weight is 326 g/mol. The summed E-state index contributed by atoms with van der Waals surface area (Å²) in [5.74, 6) is 0.319. The van der Waals surface area contributed by atoms with Crippen molar-refractivity contribution in [2.45, 2.75) is 25.7 Å². The van der Waals surface area contributed by atoms with Crippen LogP contribution in [0.25, 0.3) is 0 Å². The molecule has 1 heterocycles. The highest BCUT2D eigenvalue weighted by Crippen LogP contribution is 2.24. The number of nitrogens with one attached hydrogen (secondary N) is 2. The second-order valence-electron chi connectivity index (χ2n) is 6.38. The lowest BCUT2D eigenvalue weighted by Gasteiger charge is -2.28. The summed E-state index contributed by atoms with van der Waals surface area (Å²) in [6, 6.07) is -0.0895. The summed E-state index contributed by atoms with van der Waals surface area (Å²) in [6.45, 7) is 5.95. The van der Waals surface area contributed by atoms with Crippen LogP contribution < -0.4 is 10.6 Å². The van der Waals surface area contributed by atoms with Gasteiger partial charge in [0.1, 0.15) is 0 Å². The lowest BCUT2D eigenvalue weighted by Crippen LogP contribution is -2.46. The van der Waals surface area contributed by atoms with Gasteiger partial charge in [0.2, 0.25) is 5.91 Å². The molecule has 0 atom stereocenters. The van der Waals surface area contributed by atoms with Gasteiger partial charge in [-0.25, -0.2) is 4.79 Å². The van der Waals surface area contributed by atoms with Crippen molar-refractivity contribution in [3.63, 3.8) is 0 Å². The fourth-order valence-corrected chi connectivity index (χ4v) is 3.04. The molecule has 7 heteroatoms. The summed E-state index contributed by atoms with van der Waals surface area (Å²) in [7, 11) is 1.80. The Morgan fingerprint density at radius 2 is 1.78 bits per heavy atom. The Hall–Kier alpha value is -1.34. The highest BCUT2D eigenvalue weighted by molar-refractivity contribution is 5.79. The van der Waals surface area contributed by atoms with E-state index in [9.17, 15) is 9.59 Å². The summed E-state index contributed by atoms with van der Waals surface area (Å²) < 4.78 is 5.31. The van der Waals surface area contributed by atoms with E-state index in [0.29, 0.717) is 19.6 Å². The number of hydrogen-bond donors (Lipinski definition) is 2. The zero-order valence-electron chi connectivity index (χ0n) is 14.2. The number of likely N-dealkylation sites (N-methyl/N-ethyl adjacent to an activating group) is 1. The Morgan fingerprint density at radius 3 is 2.48 bits per heavy atom. The fourth-order valence-electron chi connectivity index (χ4n) is 3.04. The first kappa shape index (κ1) is 18.0. The van der Waals surface area contributed by atoms with Crippen LogP contribution in [-0.4, -0.2) is 81.3 Å². The van der Waals surface area contributed by atoms with Crippen LogP contribution in [0, 0.1) is 5.92 Å². The highest BCUT2D eigenvalue weighted by atomic mass is 16.5. The van der Waals surface area contributed by atoms with Gasteiger partial charge < -0.3 is 20.3 Å². The van der Waals surface area contributed by atoms with Crippen molar-refractivity contribution in [2.75, 3.05) is 59.5 Å². The molecule has 1 saturated carbocycles. The van der Waals surface area contributed by atoms with Crippen molar-refractivity contribution in [2.24, 2.45) is 5.92 Å². The minimum absolute atomic E-state index is 0.0895. The molecule has 1 aliphatic carbocycles. The molecule has 0 bridgehead atoms. The van der Waals surface area contributed by atoms with E-state index in [-0.39, 0.29) is 17.9 Å². The molecule has 0 aromatic carbocycles. The first-order valence-corrected chi connectivity index (χ1v) is 8.73. The van der Waals surface area contributed by atoms with Gasteiger partial charge >= 0.3 is 6.03 Å². The third-order valence-corrected chi connectivity index (χ3v) is 4.63. The number of morpholine rings is 1. The van der Waals surface area contributed by atoms with Gasteiger partial charge in [-0.3, -0.25) is 9.69 Å². The number of rotatable bonds is 7. The van der Waals surface area contributed by atoms with Gasteiger partial charge in [0.15, 0.2) is 0 Å². The third-order valence-electron chi connectivity index (χ3n) is 4.63. The SMILES string of the molecule is CN(CCN1CCOCC1)C(=O)NCCNC(=O)C1CCCC1. The Morgan fingerprint density at radius 1 is 1.13 bits per heavy atom. The van der Waals surface area contributed by atoms with E-state index in [1.807, 2.05) is 0 Å². The number of hydrogen-bond acceptors (Lipinski definition) is 4. The number of urea groups is 1. The molecule has 0 unspecified atom stereocenters. The minimum Gasteiger partial charge on any atom is -0.379 e. The molecule has 0 radical (unpaired) electrons. The summed E-state index contributed by atoms with van der Waals surface area (Å²) in [5.41, 5.74) is 0. The summed E-state index contributed by atoms with van der Waals surface area (Å²) >= 11 is 0. The lowest BCUT2D eigenvalue weighted by atomic mass is 10.1. The van der Waals surface area contributed by atoms with Crippen molar-refractivity contribution in [3.05, 3.63) is 0 Å². The van der Waals surface area contributed by atoms with Crippen molar-refractivity contribution < 1.29 is 14.3 Å². The van der Waals surface area contributed by atoms with Crippen LogP contribution in [0.4, 0.5) is 4.79 Å². The van der Waals surface area contributed by atoms with Gasteiger partial charge in [-0.05, 0) is 12.8 Å². The van der Waals surface area contributed by atoms with Gasteiger partial charge in [-0.2, -0.15) is 0 Å². The zero-order chi connectivity index (χ0) is 16.5. The predicted octanol–water partition coefficient (Wildman–Crippen LogP) is 0.266. The number of ether oxygens (including phenoxy) is 1. The number of nitrogens with zero attached hydrogens (tertiary/aromatic N) is 2. The predicted molar refractivity (Wildman–Crippen MR) is 88.3 cm³/mol. The molecule has 7 nitrogen and oxygen atoms in total. The van der Waals surface area contributed by atoms with Crippen LogP contribution in [0.2, 0.25) is 0 Å². The van der Waals surface area contributed by atoms with Gasteiger partial charge in [-0.15, -0.1) is 0 Å². The molecule has 2 fully saturated rings. The molecule has 23 heavy (non-hydrogen) atoms. The van der Waals surface area contributed by atoms with E-state index in [1.54, 1.807) is 11.9 Å². The summed E-state index contributed by atoms with van der Waals surface area (Å²) in [5, 5.41) is 5.75. The maximum Gasteiger partial charge on any atom is 0.317 e. The maximum absolute atomic E-state index is 12.0. The normalized spacial score (nSPS) is 19.5. The molecule has 1 aliphatic heterocycles. The molecule has 0 aromatic heterocycles. The second kappa shape index (κ2) is 9.72. The second-order valence-corrected chi connectivity index (χ2v) is 6.38. The van der Waals surface area contributed by atoms with Crippen LogP contribution in [0.3, 0.4) is 0 Å². The van der Waals surface area contributed by atoms with E-state index < -0.39 is 0 Å². The fraction of sp³-hybridized carbons (Fsp3) is 0.875. The monoisotopic (exact) mass is 326 g/mol. The Bertz CT molecular complexity index is 380. The standard InChI is InChI=1S/C16H30N4O3/c1-19(8-9-20-10-12-23-13-11-20)16(22)18-7-6-17-15(21)14-4-2-3-5-14/h14H,2-13H2,1H3,(H,17,21)(H,18,22). The molecule has 2 N–H and O–H groups in total. The highest BCUT2D eigenvalue weighted by Gasteiger charge is 2.22. The molecule has 3 amide bonds. The zero-order valence-corrected chi connectivity index (χ0v) is 14.2. The van der Waals surface area contributed by atoms with E-state index in [4.69, 9.17) is 4.74 Å². The van der Waals surface area contributed by atoms with Gasteiger partial charge in [0.25, 0.3) is 0 Å². The molecule has 1 saturated heterocycles. The van der Waals surface area contributed by atoms with Crippen molar-refractivity contribution in [3.8, 4) is 0 Å². The molecule has 132 valence electrons. The van der Waals surface area contributed by atoms with Crippen LogP contribution in [0.1, 0.15) is 25.7 Å². The molecule has 0 spiro atoms. The lowest BCUT2D eigenvalue weighted by molar-refractivity contribution is -0.124. The van der Waals surface area contributed by atoms with Crippen LogP contribution >= 0.6 is 0 Å². The quantitative estimate of drug-likeness (QED) is 0.659. The molecule has 2 aliphatic rings. The molecular formula is C16H30N4O3. The topological polar surface area (TPSA) is 73.9 Å². The van der Waals surface area contributed by atoms with Crippen LogP contribution in [0.15, 0.2) is 0 Å². The van der Waals surface area contributed by atoms with Gasteiger partial charge in [-0.1, -0.05) is 12.8 Å². The van der Waals surface area contributed by atoms with Crippen molar-refractivity contribution in [1.29, 1.82) is 0 Å². The average Bonchev–Trinajstić information content (AvgIpc) is 3.11. The number of carbonyl (C=O) groups excluding carboxylic acids is 2. The first-order chi connectivity index (χ1) is 11.2. The molecule has 2 rings (SSSR count).